The lowest BCUT2D eigenvalue weighted by Gasteiger charge is -2.12. The summed E-state index contributed by atoms with van der Waals surface area (Å²) in [6, 6.07) is 18.6. The molecule has 1 aromatic heterocycles. The fourth-order valence-corrected chi connectivity index (χ4v) is 4.02. The molecule has 6 heteroatoms. The van der Waals surface area contributed by atoms with Crippen LogP contribution in [-0.4, -0.2) is 47.6 Å². The third-order valence-electron chi connectivity index (χ3n) is 6.26. The van der Waals surface area contributed by atoms with Gasteiger partial charge in [0.05, 0.1) is 0 Å². The molecule has 0 saturated heterocycles. The van der Waals surface area contributed by atoms with Crippen LogP contribution in [0.25, 0.3) is 11.5 Å². The predicted octanol–water partition coefficient (Wildman–Crippen LogP) is 3.62. The first-order chi connectivity index (χ1) is 14.6. The van der Waals surface area contributed by atoms with Gasteiger partial charge in [-0.25, -0.2) is 0 Å². The molecule has 2 aliphatic rings. The topological polar surface area (TPSA) is 71.3 Å². The summed E-state index contributed by atoms with van der Waals surface area (Å²) in [5, 5.41) is 8.01. The second-order valence-electron chi connectivity index (χ2n) is 8.72. The lowest BCUT2D eigenvalue weighted by Crippen LogP contribution is -2.30. The number of aromatic nitrogens is 2. The standard InChI is InChI=1S/C24H26N4O2/c1-28(2)22(29)18-10-8-17(9-11-18)21-26-23(27-30-21)24(12-13-24)15-25-20-14-19(20)16-6-4-3-5-7-16/h3-11,19-20,25H,12-15H2,1-2H3/t19-,20?/m1/s1. The lowest BCUT2D eigenvalue weighted by atomic mass is 10.1. The van der Waals surface area contributed by atoms with Gasteiger partial charge in [0, 0.05) is 49.1 Å². The van der Waals surface area contributed by atoms with Crippen LogP contribution in [0.15, 0.2) is 59.1 Å². The number of amides is 1. The minimum atomic E-state index is -0.0235. The summed E-state index contributed by atoms with van der Waals surface area (Å²) < 4.78 is 5.55. The van der Waals surface area contributed by atoms with Gasteiger partial charge in [-0.2, -0.15) is 4.98 Å². The summed E-state index contributed by atoms with van der Waals surface area (Å²) in [6.07, 6.45) is 3.35. The molecule has 1 unspecified atom stereocenters. The van der Waals surface area contributed by atoms with Crippen LogP contribution in [0.2, 0.25) is 0 Å². The van der Waals surface area contributed by atoms with Crippen molar-refractivity contribution in [3.8, 4) is 11.5 Å². The second kappa shape index (κ2) is 7.36. The monoisotopic (exact) mass is 402 g/mol. The number of carbonyl (C=O) groups excluding carboxylic acids is 1. The Morgan fingerprint density at radius 1 is 1.13 bits per heavy atom. The number of nitrogens with one attached hydrogen (secondary N) is 1. The van der Waals surface area contributed by atoms with Gasteiger partial charge in [-0.15, -0.1) is 0 Å². The van der Waals surface area contributed by atoms with Crippen LogP contribution in [0.1, 0.15) is 46.9 Å². The Morgan fingerprint density at radius 2 is 1.87 bits per heavy atom. The van der Waals surface area contributed by atoms with Crippen molar-refractivity contribution in [2.24, 2.45) is 0 Å². The molecule has 1 N–H and O–H groups in total. The maximum atomic E-state index is 12.0. The highest BCUT2D eigenvalue weighted by Gasteiger charge is 2.50. The predicted molar refractivity (Wildman–Crippen MR) is 114 cm³/mol. The zero-order valence-corrected chi connectivity index (χ0v) is 17.3. The molecule has 0 aliphatic heterocycles. The number of carbonyl (C=O) groups is 1. The number of nitrogens with zero attached hydrogens (tertiary/aromatic N) is 3. The second-order valence-corrected chi connectivity index (χ2v) is 8.72. The minimum Gasteiger partial charge on any atom is -0.345 e. The molecule has 0 spiro atoms. The minimum absolute atomic E-state index is 0.00753. The third-order valence-corrected chi connectivity index (χ3v) is 6.26. The Bertz CT molecular complexity index is 1040. The van der Waals surface area contributed by atoms with Gasteiger partial charge >= 0.3 is 0 Å². The molecular weight excluding hydrogens is 376 g/mol. The molecule has 30 heavy (non-hydrogen) atoms. The number of hydrogen-bond acceptors (Lipinski definition) is 5. The van der Waals surface area contributed by atoms with Crippen molar-refractivity contribution in [1.29, 1.82) is 0 Å². The largest absolute Gasteiger partial charge is 0.345 e. The maximum Gasteiger partial charge on any atom is 0.257 e. The highest BCUT2D eigenvalue weighted by atomic mass is 16.5. The summed E-state index contributed by atoms with van der Waals surface area (Å²) in [5.74, 6) is 1.89. The van der Waals surface area contributed by atoms with E-state index < -0.39 is 0 Å². The molecule has 2 aromatic carbocycles. The zero-order valence-electron chi connectivity index (χ0n) is 17.3. The average molecular weight is 402 g/mol. The van der Waals surface area contributed by atoms with Crippen LogP contribution in [0.4, 0.5) is 0 Å². The summed E-state index contributed by atoms with van der Waals surface area (Å²) in [5.41, 5.74) is 2.88. The molecular formula is C24H26N4O2. The van der Waals surface area contributed by atoms with Gasteiger partial charge < -0.3 is 14.7 Å². The Kier molecular flexibility index (Phi) is 4.66. The number of hydrogen-bond donors (Lipinski definition) is 1. The van der Waals surface area contributed by atoms with Crippen molar-refractivity contribution in [3.05, 3.63) is 71.5 Å². The van der Waals surface area contributed by atoms with E-state index >= 15 is 0 Å². The van der Waals surface area contributed by atoms with E-state index in [1.54, 1.807) is 31.1 Å². The Hall–Kier alpha value is -2.99. The molecule has 0 radical (unpaired) electrons. The van der Waals surface area contributed by atoms with Crippen LogP contribution in [0.3, 0.4) is 0 Å². The fourth-order valence-electron chi connectivity index (χ4n) is 4.02. The molecule has 2 fully saturated rings. The summed E-state index contributed by atoms with van der Waals surface area (Å²) in [6.45, 7) is 0.885. The molecule has 2 saturated carbocycles. The molecule has 0 bridgehead atoms. The van der Waals surface area contributed by atoms with Gasteiger partial charge in [0.1, 0.15) is 0 Å². The molecule has 3 aromatic rings. The van der Waals surface area contributed by atoms with Crippen molar-refractivity contribution in [1.82, 2.24) is 20.4 Å². The summed E-state index contributed by atoms with van der Waals surface area (Å²) in [4.78, 5) is 18.3. The Morgan fingerprint density at radius 3 is 2.53 bits per heavy atom. The van der Waals surface area contributed by atoms with Crippen LogP contribution in [-0.2, 0) is 5.41 Å². The SMILES string of the molecule is CN(C)C(=O)c1ccc(-c2nc(C3(CNC4C[C@@H]4c4ccccc4)CC3)no2)cc1. The van der Waals surface area contributed by atoms with Crippen molar-refractivity contribution in [2.75, 3.05) is 20.6 Å². The molecule has 2 atom stereocenters. The first kappa shape index (κ1) is 19.0. The molecule has 2 aliphatic carbocycles. The van der Waals surface area contributed by atoms with Crippen molar-refractivity contribution in [2.45, 2.75) is 36.6 Å². The van der Waals surface area contributed by atoms with Gasteiger partial charge in [-0.1, -0.05) is 35.5 Å². The average Bonchev–Trinajstić information content (AvgIpc) is 3.69. The van der Waals surface area contributed by atoms with E-state index in [0.29, 0.717) is 23.4 Å². The first-order valence-electron chi connectivity index (χ1n) is 10.5. The molecule has 5 rings (SSSR count). The van der Waals surface area contributed by atoms with Crippen LogP contribution >= 0.6 is 0 Å². The van der Waals surface area contributed by atoms with Crippen molar-refractivity contribution in [3.63, 3.8) is 0 Å². The molecule has 6 nitrogen and oxygen atoms in total. The third kappa shape index (κ3) is 3.63. The van der Waals surface area contributed by atoms with Gasteiger partial charge in [0.15, 0.2) is 5.82 Å². The van der Waals surface area contributed by atoms with E-state index in [0.717, 1.165) is 30.8 Å². The number of benzene rings is 2. The van der Waals surface area contributed by atoms with Crippen molar-refractivity contribution < 1.29 is 9.32 Å². The highest BCUT2D eigenvalue weighted by Crippen LogP contribution is 2.48. The van der Waals surface area contributed by atoms with Gasteiger partial charge in [0.2, 0.25) is 0 Å². The van der Waals surface area contributed by atoms with Gasteiger partial charge in [0.25, 0.3) is 11.8 Å². The van der Waals surface area contributed by atoms with Gasteiger partial charge in [-0.05, 0) is 49.1 Å². The Balaban J connectivity index is 1.23. The van der Waals surface area contributed by atoms with Crippen LogP contribution < -0.4 is 5.32 Å². The molecule has 154 valence electrons. The van der Waals surface area contributed by atoms with E-state index in [-0.39, 0.29) is 11.3 Å². The number of rotatable bonds is 7. The van der Waals surface area contributed by atoms with Crippen molar-refractivity contribution >= 4 is 5.91 Å². The quantitative estimate of drug-likeness (QED) is 0.654. The van der Waals surface area contributed by atoms with Gasteiger partial charge in [-0.3, -0.25) is 4.79 Å². The van der Waals surface area contributed by atoms with Crippen LogP contribution in [0.5, 0.6) is 0 Å². The Labute approximate surface area is 176 Å². The van der Waals surface area contributed by atoms with E-state index in [4.69, 9.17) is 4.52 Å². The van der Waals surface area contributed by atoms with Crippen LogP contribution in [0, 0.1) is 0 Å². The zero-order chi connectivity index (χ0) is 20.7. The fraction of sp³-hybridized carbons (Fsp3) is 0.375. The first-order valence-corrected chi connectivity index (χ1v) is 10.5. The normalized spacial score (nSPS) is 21.3. The maximum absolute atomic E-state index is 12.0. The molecule has 1 heterocycles. The van der Waals surface area contributed by atoms with E-state index in [2.05, 4.69) is 45.8 Å². The van der Waals surface area contributed by atoms with E-state index in [9.17, 15) is 4.79 Å². The van der Waals surface area contributed by atoms with E-state index in [1.807, 2.05) is 12.1 Å². The summed E-state index contributed by atoms with van der Waals surface area (Å²) >= 11 is 0. The summed E-state index contributed by atoms with van der Waals surface area (Å²) in [7, 11) is 3.49. The smallest absolute Gasteiger partial charge is 0.257 e. The molecule has 1 amide bonds. The highest BCUT2D eigenvalue weighted by molar-refractivity contribution is 5.94. The lowest BCUT2D eigenvalue weighted by molar-refractivity contribution is 0.0827. The van der Waals surface area contributed by atoms with E-state index in [1.165, 1.54) is 12.0 Å².